The Morgan fingerprint density at radius 1 is 1.03 bits per heavy atom. The van der Waals surface area contributed by atoms with Crippen LogP contribution < -0.4 is 0 Å². The molecule has 2 atom stereocenters. The number of nitrogens with zero attached hydrogens (tertiary/aromatic N) is 1. The lowest BCUT2D eigenvalue weighted by molar-refractivity contribution is -0.225. The molecule has 0 saturated carbocycles. The van der Waals surface area contributed by atoms with Crippen LogP contribution >= 0.6 is 11.3 Å². The van der Waals surface area contributed by atoms with Crippen LogP contribution in [0.1, 0.15) is 48.2 Å². The summed E-state index contributed by atoms with van der Waals surface area (Å²) < 4.78 is 105. The lowest BCUT2D eigenvalue weighted by Crippen LogP contribution is -2.21. The van der Waals surface area contributed by atoms with Gasteiger partial charge in [-0.1, -0.05) is 36.8 Å². The van der Waals surface area contributed by atoms with Crippen molar-refractivity contribution in [3.05, 3.63) is 105 Å². The van der Waals surface area contributed by atoms with Crippen molar-refractivity contribution < 1.29 is 35.5 Å². The standard InChI is InChI=1S/C28H20F7NOS/c1-2-14-3-5-15(6-4-14)16-9-23(32)26-24(12-16)38-27(36-26)28(34,35)37-18-7-8-19(20(29)13-18)17-10-21(30)25(33)22(31)11-17/h3-5,7-12,15,20H,2,6,13H2,1H3. The lowest BCUT2D eigenvalue weighted by Gasteiger charge is -2.23. The van der Waals surface area contributed by atoms with Crippen LogP contribution in [0.2, 0.25) is 0 Å². The third-order valence-corrected chi connectivity index (χ3v) is 7.53. The third kappa shape index (κ3) is 5.01. The van der Waals surface area contributed by atoms with Gasteiger partial charge in [0.25, 0.3) is 0 Å². The molecule has 0 spiro atoms. The Labute approximate surface area is 217 Å². The number of alkyl halides is 3. The molecule has 2 nitrogen and oxygen atoms in total. The predicted octanol–water partition coefficient (Wildman–Crippen LogP) is 9.01. The van der Waals surface area contributed by atoms with Crippen LogP contribution in [0.3, 0.4) is 0 Å². The average Bonchev–Trinajstić information content (AvgIpc) is 3.33. The van der Waals surface area contributed by atoms with E-state index in [9.17, 15) is 22.0 Å². The number of thiazole rings is 1. The van der Waals surface area contributed by atoms with E-state index in [1.165, 1.54) is 11.6 Å². The highest BCUT2D eigenvalue weighted by atomic mass is 32.1. The van der Waals surface area contributed by atoms with Crippen molar-refractivity contribution in [3.63, 3.8) is 0 Å². The number of aromatic nitrogens is 1. The Morgan fingerprint density at radius 2 is 1.76 bits per heavy atom. The number of hydrogen-bond donors (Lipinski definition) is 0. The van der Waals surface area contributed by atoms with Crippen molar-refractivity contribution >= 4 is 27.1 Å². The fourth-order valence-corrected chi connectivity index (χ4v) is 5.39. The van der Waals surface area contributed by atoms with Gasteiger partial charge in [-0.2, -0.15) is 8.78 Å². The monoisotopic (exact) mass is 551 g/mol. The van der Waals surface area contributed by atoms with E-state index in [0.29, 0.717) is 35.5 Å². The Morgan fingerprint density at radius 3 is 2.39 bits per heavy atom. The molecule has 0 N–H and O–H groups in total. The van der Waals surface area contributed by atoms with Crippen molar-refractivity contribution in [2.24, 2.45) is 0 Å². The van der Waals surface area contributed by atoms with Crippen LogP contribution in [-0.4, -0.2) is 11.2 Å². The van der Waals surface area contributed by atoms with E-state index in [2.05, 4.69) is 11.1 Å². The summed E-state index contributed by atoms with van der Waals surface area (Å²) in [6.45, 7) is 2.03. The second-order valence-electron chi connectivity index (χ2n) is 9.00. The van der Waals surface area contributed by atoms with E-state index in [1.54, 1.807) is 6.07 Å². The van der Waals surface area contributed by atoms with Gasteiger partial charge in [0.2, 0.25) is 5.01 Å². The normalized spacial score (nSPS) is 19.8. The fourth-order valence-electron chi connectivity index (χ4n) is 4.45. The molecule has 0 aliphatic heterocycles. The largest absolute Gasteiger partial charge is 0.453 e. The Bertz CT molecular complexity index is 1510. The van der Waals surface area contributed by atoms with Crippen LogP contribution in [0.25, 0.3) is 15.8 Å². The summed E-state index contributed by atoms with van der Waals surface area (Å²) in [4.78, 5) is 3.75. The van der Waals surface area contributed by atoms with Crippen LogP contribution in [0.5, 0.6) is 0 Å². The van der Waals surface area contributed by atoms with E-state index >= 15 is 8.78 Å². The summed E-state index contributed by atoms with van der Waals surface area (Å²) in [5.41, 5.74) is 1.11. The summed E-state index contributed by atoms with van der Waals surface area (Å²) in [6.07, 6.45) is 3.00. The van der Waals surface area contributed by atoms with Gasteiger partial charge in [0, 0.05) is 12.3 Å². The molecule has 0 radical (unpaired) electrons. The molecule has 2 aromatic carbocycles. The lowest BCUT2D eigenvalue weighted by atomic mass is 9.89. The van der Waals surface area contributed by atoms with Gasteiger partial charge in [0.15, 0.2) is 23.3 Å². The summed E-state index contributed by atoms with van der Waals surface area (Å²) in [7, 11) is 0. The van der Waals surface area contributed by atoms with Gasteiger partial charge >= 0.3 is 6.11 Å². The number of ether oxygens (including phenoxy) is 1. The van der Waals surface area contributed by atoms with Crippen LogP contribution in [0.4, 0.5) is 30.7 Å². The van der Waals surface area contributed by atoms with E-state index in [0.717, 1.165) is 18.6 Å². The summed E-state index contributed by atoms with van der Waals surface area (Å²) in [6, 6.07) is 4.16. The zero-order chi connectivity index (χ0) is 27.2. The number of benzene rings is 2. The first-order chi connectivity index (χ1) is 18.1. The zero-order valence-corrected chi connectivity index (χ0v) is 20.7. The Kier molecular flexibility index (Phi) is 6.94. The van der Waals surface area contributed by atoms with Gasteiger partial charge in [-0.3, -0.25) is 0 Å². The molecule has 10 heteroatoms. The van der Waals surface area contributed by atoms with Gasteiger partial charge in [0.05, 0.1) is 4.70 Å². The highest BCUT2D eigenvalue weighted by molar-refractivity contribution is 7.18. The van der Waals surface area contributed by atoms with E-state index in [4.69, 9.17) is 4.74 Å². The number of rotatable bonds is 6. The molecule has 38 heavy (non-hydrogen) atoms. The summed E-state index contributed by atoms with van der Waals surface area (Å²) in [5.74, 6) is -5.97. The predicted molar refractivity (Wildman–Crippen MR) is 131 cm³/mol. The minimum atomic E-state index is -4.00. The highest BCUT2D eigenvalue weighted by Gasteiger charge is 2.41. The molecule has 3 aromatic rings. The molecule has 2 unspecified atom stereocenters. The maximum Gasteiger partial charge on any atom is 0.453 e. The minimum Gasteiger partial charge on any atom is -0.432 e. The number of hydrogen-bond acceptors (Lipinski definition) is 3. The molecule has 1 heterocycles. The molecule has 198 valence electrons. The molecular formula is C28H20F7NOS. The van der Waals surface area contributed by atoms with Crippen LogP contribution in [0.15, 0.2) is 66.0 Å². The Balaban J connectivity index is 1.38. The third-order valence-electron chi connectivity index (χ3n) is 6.48. The fraction of sp³-hybridized carbons (Fsp3) is 0.250. The van der Waals surface area contributed by atoms with Gasteiger partial charge in [-0.15, -0.1) is 11.3 Å². The van der Waals surface area contributed by atoms with E-state index < -0.39 is 52.7 Å². The zero-order valence-electron chi connectivity index (χ0n) is 19.9. The van der Waals surface area contributed by atoms with Gasteiger partial charge < -0.3 is 4.74 Å². The average molecular weight is 552 g/mol. The summed E-state index contributed by atoms with van der Waals surface area (Å²) in [5, 5.41) is -0.801. The van der Waals surface area contributed by atoms with Gasteiger partial charge in [-0.25, -0.2) is 26.9 Å². The summed E-state index contributed by atoms with van der Waals surface area (Å²) >= 11 is 0.572. The minimum absolute atomic E-state index is 0.0931. The van der Waals surface area contributed by atoms with Crippen molar-refractivity contribution in [2.75, 3.05) is 0 Å². The first-order valence-electron chi connectivity index (χ1n) is 11.8. The maximum absolute atomic E-state index is 15.0. The van der Waals surface area contributed by atoms with Crippen LogP contribution in [0, 0.1) is 23.3 Å². The molecule has 2 aliphatic rings. The van der Waals surface area contributed by atoms with E-state index in [-0.39, 0.29) is 27.3 Å². The quantitative estimate of drug-likeness (QED) is 0.225. The second kappa shape index (κ2) is 10.1. The van der Waals surface area contributed by atoms with Gasteiger partial charge in [0.1, 0.15) is 17.4 Å². The van der Waals surface area contributed by atoms with Crippen molar-refractivity contribution in [2.45, 2.75) is 44.4 Å². The van der Waals surface area contributed by atoms with Crippen molar-refractivity contribution in [1.82, 2.24) is 4.98 Å². The van der Waals surface area contributed by atoms with Crippen molar-refractivity contribution in [1.29, 1.82) is 0 Å². The van der Waals surface area contributed by atoms with E-state index in [1.807, 2.05) is 19.1 Å². The van der Waals surface area contributed by atoms with Crippen LogP contribution in [-0.2, 0) is 10.8 Å². The number of allylic oxidation sites excluding steroid dienone is 8. The SMILES string of the molecule is CCC1=CCC(c2cc(F)c3nc(C(F)(F)OC4=CC=C(c5cc(F)c(F)c(F)c5)C(F)C4)sc3c2)C=C1. The molecule has 0 amide bonds. The molecule has 1 aromatic heterocycles. The topological polar surface area (TPSA) is 22.1 Å². The number of fused-ring (bicyclic) bond motifs is 1. The van der Waals surface area contributed by atoms with Gasteiger partial charge in [-0.05, 0) is 59.9 Å². The molecule has 5 rings (SSSR count). The molecule has 0 bridgehead atoms. The molecule has 0 saturated heterocycles. The molecule has 2 aliphatic carbocycles. The van der Waals surface area contributed by atoms with Crippen molar-refractivity contribution in [3.8, 4) is 0 Å². The maximum atomic E-state index is 15.0. The molecular weight excluding hydrogens is 531 g/mol. The molecule has 0 fully saturated rings. The second-order valence-corrected chi connectivity index (χ2v) is 10.0. The first kappa shape index (κ1) is 26.2. The highest BCUT2D eigenvalue weighted by Crippen LogP contribution is 2.41. The Hall–Kier alpha value is -3.40. The number of halogens is 7. The first-order valence-corrected chi connectivity index (χ1v) is 12.6. The smallest absolute Gasteiger partial charge is 0.432 e.